The lowest BCUT2D eigenvalue weighted by Gasteiger charge is -2.11. The lowest BCUT2D eigenvalue weighted by Crippen LogP contribution is -2.20. The summed E-state index contributed by atoms with van der Waals surface area (Å²) in [6, 6.07) is 15.3. The van der Waals surface area contributed by atoms with Crippen molar-refractivity contribution in [1.29, 1.82) is 0 Å². The number of carbonyl (C=O) groups excluding carboxylic acids is 2. The first-order valence-electron chi connectivity index (χ1n) is 10.7. The Morgan fingerprint density at radius 3 is 2.38 bits per heavy atom. The molecule has 0 radical (unpaired) electrons. The summed E-state index contributed by atoms with van der Waals surface area (Å²) in [5.74, 6) is 0.602. The zero-order chi connectivity index (χ0) is 22.7. The van der Waals surface area contributed by atoms with Crippen LogP contribution in [0.3, 0.4) is 0 Å². The minimum atomic E-state index is -0.567. The van der Waals surface area contributed by atoms with E-state index in [9.17, 15) is 9.59 Å². The van der Waals surface area contributed by atoms with E-state index in [1.165, 1.54) is 11.1 Å². The van der Waals surface area contributed by atoms with E-state index in [0.29, 0.717) is 11.3 Å². The van der Waals surface area contributed by atoms with E-state index in [2.05, 4.69) is 0 Å². The number of nitrogens with zero attached hydrogens (tertiary/aromatic N) is 1. The fourth-order valence-corrected chi connectivity index (χ4v) is 4.22. The Labute approximate surface area is 187 Å². The first-order valence-corrected chi connectivity index (χ1v) is 10.7. The molecule has 1 aliphatic rings. The van der Waals surface area contributed by atoms with Gasteiger partial charge in [-0.25, -0.2) is 4.79 Å². The lowest BCUT2D eigenvalue weighted by molar-refractivity contribution is -0.144. The second kappa shape index (κ2) is 9.30. The van der Waals surface area contributed by atoms with Crippen LogP contribution < -0.4 is 9.47 Å². The quantitative estimate of drug-likeness (QED) is 0.389. The molecule has 0 atom stereocenters. The minimum absolute atomic E-state index is 0.225. The zero-order valence-electron chi connectivity index (χ0n) is 18.6. The Bertz CT molecular complexity index is 1140. The van der Waals surface area contributed by atoms with E-state index in [0.717, 1.165) is 42.1 Å². The normalized spacial score (nSPS) is 12.3. The summed E-state index contributed by atoms with van der Waals surface area (Å²) in [5.41, 5.74) is 5.80. The Kier molecular flexibility index (Phi) is 6.30. The summed E-state index contributed by atoms with van der Waals surface area (Å²) >= 11 is 0. The summed E-state index contributed by atoms with van der Waals surface area (Å²) in [5, 5.41) is 0. The number of hydrogen-bond donors (Lipinski definition) is 0. The summed E-state index contributed by atoms with van der Waals surface area (Å²) in [6.45, 7) is 3.27. The standard InChI is InChI=1S/C26H27NO5/c1-17-13-24(18(2)27(17)21-8-11-22(30-3)12-9-21)25(28)15-32-26(29)16-31-23-10-7-19-5-4-6-20(19)14-23/h7-14H,4-6,15-16H2,1-3H3. The highest BCUT2D eigenvalue weighted by molar-refractivity contribution is 5.99. The van der Waals surface area contributed by atoms with Gasteiger partial charge in [0.1, 0.15) is 11.5 Å². The first-order chi connectivity index (χ1) is 15.5. The zero-order valence-corrected chi connectivity index (χ0v) is 18.6. The van der Waals surface area contributed by atoms with E-state index in [-0.39, 0.29) is 19.0 Å². The van der Waals surface area contributed by atoms with Gasteiger partial charge in [0, 0.05) is 22.6 Å². The van der Waals surface area contributed by atoms with Crippen LogP contribution in [-0.2, 0) is 22.4 Å². The predicted molar refractivity (Wildman–Crippen MR) is 121 cm³/mol. The number of aryl methyl sites for hydroxylation is 3. The molecule has 4 rings (SSSR count). The molecule has 0 saturated carbocycles. The molecular weight excluding hydrogens is 406 g/mol. The van der Waals surface area contributed by atoms with Crippen LogP contribution in [0.4, 0.5) is 0 Å². The van der Waals surface area contributed by atoms with Crippen LogP contribution in [0.1, 0.15) is 39.3 Å². The average Bonchev–Trinajstić information content (AvgIpc) is 3.39. The molecule has 0 unspecified atom stereocenters. The topological polar surface area (TPSA) is 66.8 Å². The number of rotatable bonds is 8. The number of hydrogen-bond acceptors (Lipinski definition) is 5. The van der Waals surface area contributed by atoms with Gasteiger partial charge in [-0.2, -0.15) is 0 Å². The molecule has 0 saturated heterocycles. The Morgan fingerprint density at radius 2 is 1.62 bits per heavy atom. The summed E-state index contributed by atoms with van der Waals surface area (Å²) < 4.78 is 17.9. The van der Waals surface area contributed by atoms with Crippen molar-refractivity contribution in [2.24, 2.45) is 0 Å². The maximum Gasteiger partial charge on any atom is 0.344 e. The Morgan fingerprint density at radius 1 is 0.906 bits per heavy atom. The molecular formula is C26H27NO5. The molecule has 2 aromatic carbocycles. The molecule has 0 fully saturated rings. The Hall–Kier alpha value is -3.54. The SMILES string of the molecule is COc1ccc(-n2c(C)cc(C(=O)COC(=O)COc3ccc4c(c3)CCC4)c2C)cc1. The maximum atomic E-state index is 12.7. The van der Waals surface area contributed by atoms with Gasteiger partial charge in [-0.05, 0) is 86.7 Å². The minimum Gasteiger partial charge on any atom is -0.497 e. The van der Waals surface area contributed by atoms with Crippen LogP contribution in [0.25, 0.3) is 5.69 Å². The highest BCUT2D eigenvalue weighted by Crippen LogP contribution is 2.26. The number of Topliss-reactive ketones (excluding diaryl/α,β-unsaturated/α-hetero) is 1. The summed E-state index contributed by atoms with van der Waals surface area (Å²) in [6.07, 6.45) is 3.29. The molecule has 0 spiro atoms. The van der Waals surface area contributed by atoms with Crippen LogP contribution in [0.2, 0.25) is 0 Å². The van der Waals surface area contributed by atoms with Gasteiger partial charge in [-0.3, -0.25) is 4.79 Å². The molecule has 32 heavy (non-hydrogen) atoms. The number of benzene rings is 2. The Balaban J connectivity index is 1.35. The van der Waals surface area contributed by atoms with Gasteiger partial charge in [0.2, 0.25) is 5.78 Å². The molecule has 6 heteroatoms. The summed E-state index contributed by atoms with van der Waals surface area (Å²) in [7, 11) is 1.62. The van der Waals surface area contributed by atoms with Crippen molar-refractivity contribution in [3.05, 3.63) is 76.6 Å². The molecule has 1 heterocycles. The number of ketones is 1. The van der Waals surface area contributed by atoms with E-state index in [1.54, 1.807) is 7.11 Å². The van der Waals surface area contributed by atoms with Crippen LogP contribution in [0.5, 0.6) is 11.5 Å². The van der Waals surface area contributed by atoms with E-state index in [4.69, 9.17) is 14.2 Å². The van der Waals surface area contributed by atoms with Crippen molar-refractivity contribution in [3.63, 3.8) is 0 Å². The van der Waals surface area contributed by atoms with Crippen molar-refractivity contribution in [3.8, 4) is 17.2 Å². The lowest BCUT2D eigenvalue weighted by atomic mass is 10.1. The first kappa shape index (κ1) is 21.7. The van der Waals surface area contributed by atoms with Gasteiger partial charge in [0.05, 0.1) is 7.11 Å². The molecule has 0 N–H and O–H groups in total. The van der Waals surface area contributed by atoms with Crippen LogP contribution >= 0.6 is 0 Å². The third kappa shape index (κ3) is 4.54. The highest BCUT2D eigenvalue weighted by Gasteiger charge is 2.19. The monoisotopic (exact) mass is 433 g/mol. The second-order valence-electron chi connectivity index (χ2n) is 7.97. The smallest absolute Gasteiger partial charge is 0.344 e. The molecule has 0 aliphatic heterocycles. The molecule has 6 nitrogen and oxygen atoms in total. The average molecular weight is 434 g/mol. The van der Waals surface area contributed by atoms with Crippen molar-refractivity contribution >= 4 is 11.8 Å². The molecule has 1 aliphatic carbocycles. The van der Waals surface area contributed by atoms with Gasteiger partial charge in [0.15, 0.2) is 13.2 Å². The molecule has 3 aromatic rings. The van der Waals surface area contributed by atoms with E-state index in [1.807, 2.05) is 66.9 Å². The molecule has 0 bridgehead atoms. The predicted octanol–water partition coefficient (Wildman–Crippen LogP) is 4.40. The third-order valence-electron chi connectivity index (χ3n) is 5.85. The van der Waals surface area contributed by atoms with E-state index < -0.39 is 5.97 Å². The summed E-state index contributed by atoms with van der Waals surface area (Å²) in [4.78, 5) is 24.8. The number of carbonyl (C=O) groups is 2. The molecule has 0 amide bonds. The number of ether oxygens (including phenoxy) is 3. The molecule has 1 aromatic heterocycles. The number of esters is 1. The van der Waals surface area contributed by atoms with Crippen molar-refractivity contribution in [1.82, 2.24) is 4.57 Å². The van der Waals surface area contributed by atoms with Crippen molar-refractivity contribution < 1.29 is 23.8 Å². The van der Waals surface area contributed by atoms with Crippen molar-refractivity contribution in [2.45, 2.75) is 33.1 Å². The van der Waals surface area contributed by atoms with Gasteiger partial charge in [-0.1, -0.05) is 6.07 Å². The molecule has 166 valence electrons. The number of aromatic nitrogens is 1. The van der Waals surface area contributed by atoms with Gasteiger partial charge in [-0.15, -0.1) is 0 Å². The maximum absolute atomic E-state index is 12.7. The van der Waals surface area contributed by atoms with Crippen LogP contribution in [0.15, 0.2) is 48.5 Å². The number of fused-ring (bicyclic) bond motifs is 1. The van der Waals surface area contributed by atoms with Crippen LogP contribution in [-0.4, -0.2) is 36.6 Å². The third-order valence-corrected chi connectivity index (χ3v) is 5.85. The number of methoxy groups -OCH3 is 1. The van der Waals surface area contributed by atoms with Gasteiger partial charge in [0.25, 0.3) is 0 Å². The largest absolute Gasteiger partial charge is 0.497 e. The fraction of sp³-hybridized carbons (Fsp3) is 0.308. The highest BCUT2D eigenvalue weighted by atomic mass is 16.6. The van der Waals surface area contributed by atoms with Crippen molar-refractivity contribution in [2.75, 3.05) is 20.3 Å². The fourth-order valence-electron chi connectivity index (χ4n) is 4.22. The van der Waals surface area contributed by atoms with Gasteiger partial charge < -0.3 is 18.8 Å². The second-order valence-corrected chi connectivity index (χ2v) is 7.97. The van der Waals surface area contributed by atoms with E-state index >= 15 is 0 Å². The van der Waals surface area contributed by atoms with Gasteiger partial charge >= 0.3 is 5.97 Å². The van der Waals surface area contributed by atoms with Crippen LogP contribution in [0, 0.1) is 13.8 Å².